The van der Waals surface area contributed by atoms with Gasteiger partial charge in [-0.1, -0.05) is 0 Å². The average molecular weight is 166 g/mol. The van der Waals surface area contributed by atoms with Gasteiger partial charge in [0.05, 0.1) is 18.2 Å². The number of carbonyl (C=O) groups excluding carboxylic acids is 1. The van der Waals surface area contributed by atoms with E-state index in [-0.39, 0.29) is 19.0 Å². The van der Waals surface area contributed by atoms with Crippen molar-refractivity contribution < 1.29 is 4.79 Å². The molecule has 64 valence electrons. The van der Waals surface area contributed by atoms with Crippen LogP contribution in [0.1, 0.15) is 6.92 Å². The van der Waals surface area contributed by atoms with Crippen LogP contribution in [-0.2, 0) is 4.79 Å². The van der Waals surface area contributed by atoms with Crippen LogP contribution in [0.15, 0.2) is 0 Å². The van der Waals surface area contributed by atoms with Gasteiger partial charge < -0.3 is 10.6 Å². The molecule has 0 spiro atoms. The van der Waals surface area contributed by atoms with Gasteiger partial charge in [0.2, 0.25) is 5.91 Å². The van der Waals surface area contributed by atoms with Gasteiger partial charge in [-0.2, -0.15) is 10.5 Å². The zero-order valence-corrected chi connectivity index (χ0v) is 6.82. The Labute approximate surface area is 71.0 Å². The number of amides is 1. The molecule has 0 saturated heterocycles. The first-order chi connectivity index (χ1) is 5.63. The van der Waals surface area contributed by atoms with Crippen molar-refractivity contribution in [1.82, 2.24) is 4.90 Å². The van der Waals surface area contributed by atoms with Crippen molar-refractivity contribution in [2.75, 3.05) is 13.1 Å². The third kappa shape index (κ3) is 3.00. The van der Waals surface area contributed by atoms with Crippen LogP contribution in [0.3, 0.4) is 0 Å². The molecule has 0 aromatic rings. The lowest BCUT2D eigenvalue weighted by molar-refractivity contribution is -0.131. The number of nitriles is 2. The fraction of sp³-hybridized carbons (Fsp3) is 0.571. The monoisotopic (exact) mass is 166 g/mol. The maximum atomic E-state index is 11.1. The highest BCUT2D eigenvalue weighted by atomic mass is 16.2. The van der Waals surface area contributed by atoms with E-state index in [0.29, 0.717) is 0 Å². The molecule has 0 aromatic carbocycles. The standard InChI is InChI=1S/C7H10N4O/c1-6(10)7(12)11(4-2-8)5-3-9/h6H,4-5,10H2,1H3/t6-/m1/s1. The molecular weight excluding hydrogens is 156 g/mol. The van der Waals surface area contributed by atoms with E-state index in [0.717, 1.165) is 4.90 Å². The first kappa shape index (κ1) is 10.4. The number of hydrogen-bond acceptors (Lipinski definition) is 4. The first-order valence-electron chi connectivity index (χ1n) is 3.41. The maximum Gasteiger partial charge on any atom is 0.240 e. The summed E-state index contributed by atoms with van der Waals surface area (Å²) in [7, 11) is 0. The third-order valence-corrected chi connectivity index (χ3v) is 1.22. The van der Waals surface area contributed by atoms with E-state index in [1.807, 2.05) is 0 Å². The molecule has 2 N–H and O–H groups in total. The van der Waals surface area contributed by atoms with Crippen molar-refractivity contribution in [2.24, 2.45) is 5.73 Å². The van der Waals surface area contributed by atoms with E-state index in [2.05, 4.69) is 0 Å². The minimum atomic E-state index is -0.660. The maximum absolute atomic E-state index is 11.1. The van der Waals surface area contributed by atoms with Crippen LogP contribution in [0.5, 0.6) is 0 Å². The van der Waals surface area contributed by atoms with Gasteiger partial charge in [-0.3, -0.25) is 4.79 Å². The Balaban J connectivity index is 4.23. The first-order valence-corrected chi connectivity index (χ1v) is 3.41. The van der Waals surface area contributed by atoms with E-state index in [9.17, 15) is 4.79 Å². The second-order valence-corrected chi connectivity index (χ2v) is 2.30. The molecule has 1 amide bonds. The molecule has 0 unspecified atom stereocenters. The van der Waals surface area contributed by atoms with E-state index < -0.39 is 6.04 Å². The van der Waals surface area contributed by atoms with Crippen LogP contribution in [0.2, 0.25) is 0 Å². The fourth-order valence-corrected chi connectivity index (χ4v) is 0.670. The van der Waals surface area contributed by atoms with Gasteiger partial charge >= 0.3 is 0 Å². The zero-order chi connectivity index (χ0) is 9.56. The van der Waals surface area contributed by atoms with Crippen LogP contribution in [0, 0.1) is 22.7 Å². The molecule has 1 atom stereocenters. The molecule has 0 fully saturated rings. The molecule has 0 heterocycles. The molecule has 5 nitrogen and oxygen atoms in total. The minimum absolute atomic E-state index is 0.0894. The Morgan fingerprint density at radius 1 is 1.50 bits per heavy atom. The van der Waals surface area contributed by atoms with Gasteiger partial charge in [-0.05, 0) is 6.92 Å². The summed E-state index contributed by atoms with van der Waals surface area (Å²) >= 11 is 0. The van der Waals surface area contributed by atoms with Gasteiger partial charge in [0.15, 0.2) is 0 Å². The Bertz CT molecular complexity index is 219. The molecule has 0 radical (unpaired) electrons. The Kier molecular flexibility index (Phi) is 4.43. The fourth-order valence-electron chi connectivity index (χ4n) is 0.670. The molecule has 0 saturated carbocycles. The van der Waals surface area contributed by atoms with Crippen LogP contribution in [0.4, 0.5) is 0 Å². The van der Waals surface area contributed by atoms with Crippen molar-refractivity contribution in [2.45, 2.75) is 13.0 Å². The number of nitrogens with two attached hydrogens (primary N) is 1. The van der Waals surface area contributed by atoms with Gasteiger partial charge in [0.25, 0.3) is 0 Å². The average Bonchev–Trinajstić information content (AvgIpc) is 2.03. The molecule has 0 aliphatic rings. The van der Waals surface area contributed by atoms with Crippen molar-refractivity contribution in [3.63, 3.8) is 0 Å². The third-order valence-electron chi connectivity index (χ3n) is 1.22. The van der Waals surface area contributed by atoms with E-state index in [4.69, 9.17) is 16.3 Å². The van der Waals surface area contributed by atoms with Crippen molar-refractivity contribution in [3.05, 3.63) is 0 Å². The van der Waals surface area contributed by atoms with Crippen LogP contribution in [0.25, 0.3) is 0 Å². The van der Waals surface area contributed by atoms with E-state index >= 15 is 0 Å². The van der Waals surface area contributed by atoms with Crippen LogP contribution >= 0.6 is 0 Å². The van der Waals surface area contributed by atoms with Gasteiger partial charge in [-0.25, -0.2) is 0 Å². The lowest BCUT2D eigenvalue weighted by Gasteiger charge is -2.17. The van der Waals surface area contributed by atoms with Crippen molar-refractivity contribution >= 4 is 5.91 Å². The molecule has 0 aromatic heterocycles. The second-order valence-electron chi connectivity index (χ2n) is 2.30. The topological polar surface area (TPSA) is 93.9 Å². The van der Waals surface area contributed by atoms with Gasteiger partial charge in [0.1, 0.15) is 13.1 Å². The minimum Gasteiger partial charge on any atom is -0.320 e. The highest BCUT2D eigenvalue weighted by molar-refractivity contribution is 5.81. The summed E-state index contributed by atoms with van der Waals surface area (Å²) in [5.41, 5.74) is 5.29. The van der Waals surface area contributed by atoms with Crippen molar-refractivity contribution in [3.8, 4) is 12.1 Å². The van der Waals surface area contributed by atoms with E-state index in [1.54, 1.807) is 12.1 Å². The Hall–Kier alpha value is -1.59. The number of nitrogens with zero attached hydrogens (tertiary/aromatic N) is 3. The summed E-state index contributed by atoms with van der Waals surface area (Å²) in [6, 6.07) is 2.91. The number of carbonyl (C=O) groups is 1. The van der Waals surface area contributed by atoms with Crippen molar-refractivity contribution in [1.29, 1.82) is 10.5 Å². The predicted molar refractivity (Wildman–Crippen MR) is 41.5 cm³/mol. The molecule has 0 rings (SSSR count). The summed E-state index contributed by atoms with van der Waals surface area (Å²) < 4.78 is 0. The SMILES string of the molecule is C[C@@H](N)C(=O)N(CC#N)CC#N. The van der Waals surface area contributed by atoms with E-state index in [1.165, 1.54) is 6.92 Å². The largest absolute Gasteiger partial charge is 0.320 e. The number of rotatable bonds is 3. The molecule has 12 heavy (non-hydrogen) atoms. The highest BCUT2D eigenvalue weighted by Gasteiger charge is 2.15. The second kappa shape index (κ2) is 5.11. The predicted octanol–water partition coefficient (Wildman–Crippen LogP) is -0.791. The summed E-state index contributed by atoms with van der Waals surface area (Å²) in [6.45, 7) is 1.34. The summed E-state index contributed by atoms with van der Waals surface area (Å²) in [5.74, 6) is -0.377. The molecular formula is C7H10N4O. The lowest BCUT2D eigenvalue weighted by atomic mass is 10.3. The highest BCUT2D eigenvalue weighted by Crippen LogP contribution is 1.91. The summed E-state index contributed by atoms with van der Waals surface area (Å²) in [5, 5.41) is 16.6. The molecule has 0 aliphatic heterocycles. The molecule has 5 heteroatoms. The van der Waals surface area contributed by atoms with Crippen LogP contribution in [-0.4, -0.2) is 29.9 Å². The normalized spacial score (nSPS) is 11.0. The van der Waals surface area contributed by atoms with Gasteiger partial charge in [0, 0.05) is 0 Å². The smallest absolute Gasteiger partial charge is 0.240 e. The Morgan fingerprint density at radius 2 is 1.92 bits per heavy atom. The molecule has 0 aliphatic carbocycles. The summed E-state index contributed by atoms with van der Waals surface area (Å²) in [4.78, 5) is 12.2. The Morgan fingerprint density at radius 3 is 2.17 bits per heavy atom. The summed E-state index contributed by atoms with van der Waals surface area (Å²) in [6.07, 6.45) is 0. The quantitative estimate of drug-likeness (QED) is 0.556. The lowest BCUT2D eigenvalue weighted by Crippen LogP contribution is -2.42. The molecule has 0 bridgehead atoms. The van der Waals surface area contributed by atoms with Crippen LogP contribution < -0.4 is 5.73 Å². The van der Waals surface area contributed by atoms with Gasteiger partial charge in [-0.15, -0.1) is 0 Å². The zero-order valence-electron chi connectivity index (χ0n) is 6.82. The number of hydrogen-bond donors (Lipinski definition) is 1.